The summed E-state index contributed by atoms with van der Waals surface area (Å²) in [5, 5.41) is 29.2. The zero-order chi connectivity index (χ0) is 23.8. The lowest BCUT2D eigenvalue weighted by Gasteiger charge is -2.40. The second kappa shape index (κ2) is 11.9. The molecule has 0 saturated carbocycles. The molecule has 3 atom stereocenters. The molecule has 1 fully saturated rings. The van der Waals surface area contributed by atoms with Gasteiger partial charge in [0.1, 0.15) is 0 Å². The van der Waals surface area contributed by atoms with Crippen LogP contribution in [0.1, 0.15) is 36.8 Å². The quantitative estimate of drug-likeness (QED) is 0.463. The molecule has 3 rings (SSSR count). The van der Waals surface area contributed by atoms with E-state index in [9.17, 15) is 28.5 Å². The van der Waals surface area contributed by atoms with E-state index >= 15 is 0 Å². The average molecular weight is 468 g/mol. The van der Waals surface area contributed by atoms with Crippen molar-refractivity contribution in [2.24, 2.45) is 0 Å². The summed E-state index contributed by atoms with van der Waals surface area (Å²) < 4.78 is 46.3. The number of nitrogens with zero attached hydrogens (tertiary/aromatic N) is 1. The lowest BCUT2D eigenvalue weighted by Crippen LogP contribution is -2.56. The second-order valence-corrected chi connectivity index (χ2v) is 8.48. The number of rotatable bonds is 10. The van der Waals surface area contributed by atoms with E-state index < -0.39 is 30.0 Å². The number of piperidine rings is 1. The van der Waals surface area contributed by atoms with Crippen LogP contribution in [-0.2, 0) is 17.5 Å². The number of aliphatic hydroxyl groups excluding tert-OH is 3. The summed E-state index contributed by atoms with van der Waals surface area (Å²) in [5.74, 6) is 0. The number of unbranched alkanes of at least 4 members (excludes halogenated alkanes) is 2. The average Bonchev–Trinajstić information content (AvgIpc) is 2.80. The van der Waals surface area contributed by atoms with Gasteiger partial charge in [0.05, 0.1) is 37.0 Å². The van der Waals surface area contributed by atoms with Gasteiger partial charge in [0.2, 0.25) is 0 Å². The Hall–Kier alpha value is -1.97. The predicted octanol–water partition coefficient (Wildman–Crippen LogP) is 3.85. The first kappa shape index (κ1) is 25.6. The van der Waals surface area contributed by atoms with Crippen molar-refractivity contribution in [1.29, 1.82) is 0 Å². The van der Waals surface area contributed by atoms with Gasteiger partial charge in [0.15, 0.2) is 0 Å². The van der Waals surface area contributed by atoms with E-state index in [-0.39, 0.29) is 18.8 Å². The van der Waals surface area contributed by atoms with Crippen molar-refractivity contribution >= 4 is 0 Å². The molecule has 1 saturated heterocycles. The molecule has 1 aliphatic heterocycles. The largest absolute Gasteiger partial charge is 0.416 e. The molecule has 2 aromatic carbocycles. The minimum atomic E-state index is -4.46. The Morgan fingerprint density at radius 2 is 1.73 bits per heavy atom. The van der Waals surface area contributed by atoms with Crippen LogP contribution in [0.4, 0.5) is 13.2 Å². The monoisotopic (exact) mass is 467 g/mol. The molecule has 2 aromatic rings. The van der Waals surface area contributed by atoms with Crippen molar-refractivity contribution < 1.29 is 33.2 Å². The third kappa shape index (κ3) is 7.01. The minimum absolute atomic E-state index is 0.104. The fourth-order valence-corrected chi connectivity index (χ4v) is 4.26. The Kier molecular flexibility index (Phi) is 9.28. The summed E-state index contributed by atoms with van der Waals surface area (Å²) in [5.41, 5.74) is 0.691. The maximum atomic E-state index is 13.6. The van der Waals surface area contributed by atoms with Gasteiger partial charge >= 0.3 is 6.18 Å². The Balaban J connectivity index is 1.45. The van der Waals surface area contributed by atoms with E-state index in [1.807, 2.05) is 11.0 Å². The lowest BCUT2D eigenvalue weighted by molar-refractivity contribution is -0.138. The zero-order valence-corrected chi connectivity index (χ0v) is 18.5. The van der Waals surface area contributed by atoms with E-state index in [4.69, 9.17) is 4.74 Å². The molecule has 0 bridgehead atoms. The molecular formula is C25H32F3NO4. The first-order valence-corrected chi connectivity index (χ1v) is 11.4. The molecule has 0 radical (unpaired) electrons. The van der Waals surface area contributed by atoms with Gasteiger partial charge < -0.3 is 20.1 Å². The van der Waals surface area contributed by atoms with Gasteiger partial charge in [-0.25, -0.2) is 0 Å². The first-order valence-electron chi connectivity index (χ1n) is 11.4. The van der Waals surface area contributed by atoms with Crippen LogP contribution in [0, 0.1) is 0 Å². The number of benzene rings is 2. The van der Waals surface area contributed by atoms with Crippen LogP contribution in [0.15, 0.2) is 48.5 Å². The van der Waals surface area contributed by atoms with E-state index in [1.54, 1.807) is 30.3 Å². The molecule has 5 nitrogen and oxygen atoms in total. The van der Waals surface area contributed by atoms with E-state index in [1.165, 1.54) is 12.1 Å². The Morgan fingerprint density at radius 3 is 2.42 bits per heavy atom. The van der Waals surface area contributed by atoms with Gasteiger partial charge in [0, 0.05) is 13.2 Å². The van der Waals surface area contributed by atoms with E-state index in [0.717, 1.165) is 18.4 Å². The van der Waals surface area contributed by atoms with Gasteiger partial charge in [-0.2, -0.15) is 13.2 Å². The molecular weight excluding hydrogens is 435 g/mol. The summed E-state index contributed by atoms with van der Waals surface area (Å²) in [6, 6.07) is 12.8. The second-order valence-electron chi connectivity index (χ2n) is 8.48. The molecule has 0 spiro atoms. The van der Waals surface area contributed by atoms with Crippen LogP contribution >= 0.6 is 0 Å². The molecule has 33 heavy (non-hydrogen) atoms. The van der Waals surface area contributed by atoms with Crippen molar-refractivity contribution in [3.8, 4) is 11.1 Å². The van der Waals surface area contributed by atoms with Crippen LogP contribution in [0.5, 0.6) is 0 Å². The molecule has 0 amide bonds. The molecule has 0 aliphatic carbocycles. The van der Waals surface area contributed by atoms with Gasteiger partial charge in [-0.05, 0) is 55.0 Å². The first-order chi connectivity index (χ1) is 15.8. The maximum Gasteiger partial charge on any atom is 0.416 e. The topological polar surface area (TPSA) is 73.2 Å². The number of hydrogen-bond donors (Lipinski definition) is 3. The normalized spacial score (nSPS) is 21.9. The number of alkyl halides is 3. The van der Waals surface area contributed by atoms with Gasteiger partial charge in [-0.1, -0.05) is 42.5 Å². The molecule has 0 aromatic heterocycles. The zero-order valence-electron chi connectivity index (χ0n) is 18.5. The highest BCUT2D eigenvalue weighted by Crippen LogP contribution is 2.35. The minimum Gasteiger partial charge on any atom is -0.395 e. The van der Waals surface area contributed by atoms with Crippen LogP contribution in [0.3, 0.4) is 0 Å². The molecule has 1 aliphatic rings. The van der Waals surface area contributed by atoms with Gasteiger partial charge in [0.25, 0.3) is 0 Å². The highest BCUT2D eigenvalue weighted by Gasteiger charge is 2.35. The molecule has 0 unspecified atom stereocenters. The van der Waals surface area contributed by atoms with E-state index in [0.29, 0.717) is 38.1 Å². The molecule has 182 valence electrons. The highest BCUT2D eigenvalue weighted by atomic mass is 19.4. The summed E-state index contributed by atoms with van der Waals surface area (Å²) in [6.45, 7) is 1.31. The highest BCUT2D eigenvalue weighted by molar-refractivity contribution is 5.65. The summed E-state index contributed by atoms with van der Waals surface area (Å²) in [4.78, 5) is 1.97. The Labute approximate surface area is 192 Å². The summed E-state index contributed by atoms with van der Waals surface area (Å²) >= 11 is 0. The maximum absolute atomic E-state index is 13.6. The van der Waals surface area contributed by atoms with Crippen LogP contribution in [0.25, 0.3) is 11.1 Å². The number of likely N-dealkylation sites (tertiary alicyclic amines) is 1. The Bertz CT molecular complexity index is 862. The number of hydrogen-bond acceptors (Lipinski definition) is 5. The van der Waals surface area contributed by atoms with Crippen molar-refractivity contribution in [1.82, 2.24) is 4.90 Å². The van der Waals surface area contributed by atoms with Crippen molar-refractivity contribution in [3.63, 3.8) is 0 Å². The number of aliphatic hydroxyl groups is 3. The summed E-state index contributed by atoms with van der Waals surface area (Å²) in [7, 11) is 0. The fraction of sp³-hybridized carbons (Fsp3) is 0.520. The van der Waals surface area contributed by atoms with Gasteiger partial charge in [-0.3, -0.25) is 4.90 Å². The SMILES string of the molecule is OC[C@H]1[C@@H](O)[C@H](O)CCN1CCCCCOCc1ccc(-c2ccccc2)cc1C(F)(F)F. The fourth-order valence-electron chi connectivity index (χ4n) is 4.26. The number of ether oxygens (including phenoxy) is 1. The van der Waals surface area contributed by atoms with Gasteiger partial charge in [-0.15, -0.1) is 0 Å². The number of halogens is 3. The Morgan fingerprint density at radius 1 is 0.970 bits per heavy atom. The van der Waals surface area contributed by atoms with Crippen molar-refractivity contribution in [3.05, 3.63) is 59.7 Å². The third-order valence-electron chi connectivity index (χ3n) is 6.17. The third-order valence-corrected chi connectivity index (χ3v) is 6.17. The van der Waals surface area contributed by atoms with Crippen LogP contribution in [-0.4, -0.2) is 64.8 Å². The predicted molar refractivity (Wildman–Crippen MR) is 119 cm³/mol. The van der Waals surface area contributed by atoms with Crippen molar-refractivity contribution in [2.45, 2.75) is 56.7 Å². The van der Waals surface area contributed by atoms with Crippen molar-refractivity contribution in [2.75, 3.05) is 26.3 Å². The molecule has 8 heteroatoms. The van der Waals surface area contributed by atoms with Crippen LogP contribution < -0.4 is 0 Å². The lowest BCUT2D eigenvalue weighted by atomic mass is 9.96. The smallest absolute Gasteiger partial charge is 0.395 e. The summed E-state index contributed by atoms with van der Waals surface area (Å²) in [6.07, 6.45) is -3.44. The molecule has 3 N–H and O–H groups in total. The van der Waals surface area contributed by atoms with E-state index in [2.05, 4.69) is 0 Å². The standard InChI is InChI=1S/C25H32F3NO4/c26-25(27,28)21-15-19(18-7-3-1-4-8-18)9-10-20(21)17-33-14-6-2-5-12-29-13-11-23(31)24(32)22(29)16-30/h1,3-4,7-10,15,22-24,30-32H,2,5-6,11-14,16-17H2/t22-,23+,24+/m0/s1. The van der Waals surface area contributed by atoms with Crippen LogP contribution in [0.2, 0.25) is 0 Å². The molecule has 1 heterocycles.